The molecule has 1 aromatic carbocycles. The number of carbonyl (C=O) groups excluding carboxylic acids is 1. The van der Waals surface area contributed by atoms with Gasteiger partial charge in [-0.15, -0.1) is 0 Å². The van der Waals surface area contributed by atoms with E-state index in [9.17, 15) is 9.18 Å². The second-order valence-electron chi connectivity index (χ2n) is 4.48. The smallest absolute Gasteiger partial charge is 0.191 e. The van der Waals surface area contributed by atoms with Gasteiger partial charge in [0.1, 0.15) is 0 Å². The van der Waals surface area contributed by atoms with Crippen LogP contribution in [0.15, 0.2) is 29.8 Å². The first-order valence-corrected chi connectivity index (χ1v) is 6.30. The van der Waals surface area contributed by atoms with Gasteiger partial charge < -0.3 is 4.74 Å². The van der Waals surface area contributed by atoms with Gasteiger partial charge in [0.25, 0.3) is 0 Å². The SMILES string of the molecule is COc1cccc(C(=O)C2=CCCCCC2)c1F. The van der Waals surface area contributed by atoms with Crippen LogP contribution in [0.5, 0.6) is 5.75 Å². The summed E-state index contributed by atoms with van der Waals surface area (Å²) < 4.78 is 18.9. The Morgan fingerprint density at radius 2 is 2.11 bits per heavy atom. The quantitative estimate of drug-likeness (QED) is 0.758. The lowest BCUT2D eigenvalue weighted by atomic mass is 9.99. The minimum absolute atomic E-state index is 0.113. The van der Waals surface area contributed by atoms with Gasteiger partial charge in [-0.2, -0.15) is 0 Å². The Morgan fingerprint density at radius 1 is 1.28 bits per heavy atom. The molecule has 1 aromatic rings. The van der Waals surface area contributed by atoms with Crippen LogP contribution in [0.1, 0.15) is 42.5 Å². The molecule has 0 unspecified atom stereocenters. The zero-order valence-corrected chi connectivity index (χ0v) is 10.5. The summed E-state index contributed by atoms with van der Waals surface area (Å²) in [5, 5.41) is 0. The van der Waals surface area contributed by atoms with Crippen LogP contribution in [0.2, 0.25) is 0 Å². The van der Waals surface area contributed by atoms with Crippen molar-refractivity contribution in [2.24, 2.45) is 0 Å². The number of hydrogen-bond donors (Lipinski definition) is 0. The summed E-state index contributed by atoms with van der Waals surface area (Å²) in [6.45, 7) is 0. The zero-order valence-electron chi connectivity index (χ0n) is 10.5. The van der Waals surface area contributed by atoms with Crippen molar-refractivity contribution >= 4 is 5.78 Å². The van der Waals surface area contributed by atoms with E-state index in [0.29, 0.717) is 0 Å². The highest BCUT2D eigenvalue weighted by Gasteiger charge is 2.19. The van der Waals surface area contributed by atoms with Gasteiger partial charge in [0, 0.05) is 0 Å². The largest absolute Gasteiger partial charge is 0.494 e. The molecule has 2 rings (SSSR count). The molecule has 0 saturated heterocycles. The third kappa shape index (κ3) is 2.61. The number of benzene rings is 1. The van der Waals surface area contributed by atoms with E-state index >= 15 is 0 Å². The summed E-state index contributed by atoms with van der Waals surface area (Å²) in [5.74, 6) is -0.640. The van der Waals surface area contributed by atoms with E-state index in [0.717, 1.165) is 37.7 Å². The first-order valence-electron chi connectivity index (χ1n) is 6.30. The van der Waals surface area contributed by atoms with Gasteiger partial charge in [-0.1, -0.05) is 18.6 Å². The fraction of sp³-hybridized carbons (Fsp3) is 0.400. The number of rotatable bonds is 3. The highest BCUT2D eigenvalue weighted by molar-refractivity contribution is 6.09. The molecule has 0 N–H and O–H groups in total. The summed E-state index contributed by atoms with van der Waals surface area (Å²) in [6.07, 6.45) is 6.85. The summed E-state index contributed by atoms with van der Waals surface area (Å²) in [6, 6.07) is 4.69. The Balaban J connectivity index is 2.30. The van der Waals surface area contributed by atoms with Crippen molar-refractivity contribution < 1.29 is 13.9 Å². The fourth-order valence-corrected chi connectivity index (χ4v) is 2.24. The molecule has 0 aliphatic heterocycles. The Bertz CT molecular complexity index is 477. The molecule has 0 fully saturated rings. The normalized spacial score (nSPS) is 15.8. The number of carbonyl (C=O) groups is 1. The van der Waals surface area contributed by atoms with Crippen molar-refractivity contribution in [3.8, 4) is 5.75 Å². The number of halogens is 1. The Hall–Kier alpha value is -1.64. The van der Waals surface area contributed by atoms with Crippen LogP contribution >= 0.6 is 0 Å². The average molecular weight is 248 g/mol. The van der Waals surface area contributed by atoms with Crippen molar-refractivity contribution in [3.63, 3.8) is 0 Å². The van der Waals surface area contributed by atoms with Gasteiger partial charge in [-0.25, -0.2) is 4.39 Å². The Kier molecular flexibility index (Phi) is 4.13. The van der Waals surface area contributed by atoms with Gasteiger partial charge in [0.15, 0.2) is 17.3 Å². The topological polar surface area (TPSA) is 26.3 Å². The van der Waals surface area contributed by atoms with Crippen LogP contribution in [-0.4, -0.2) is 12.9 Å². The number of methoxy groups -OCH3 is 1. The summed E-state index contributed by atoms with van der Waals surface area (Å²) >= 11 is 0. The molecular weight excluding hydrogens is 231 g/mol. The molecular formula is C15H17FO2. The van der Waals surface area contributed by atoms with E-state index in [4.69, 9.17) is 4.74 Å². The highest BCUT2D eigenvalue weighted by Crippen LogP contribution is 2.25. The number of hydrogen-bond acceptors (Lipinski definition) is 2. The second kappa shape index (κ2) is 5.80. The maximum absolute atomic E-state index is 14.0. The van der Waals surface area contributed by atoms with E-state index in [1.165, 1.54) is 19.2 Å². The zero-order chi connectivity index (χ0) is 13.0. The first kappa shape index (κ1) is 12.8. The molecule has 0 atom stereocenters. The van der Waals surface area contributed by atoms with Crippen molar-refractivity contribution in [1.82, 2.24) is 0 Å². The van der Waals surface area contributed by atoms with Crippen molar-refractivity contribution in [1.29, 1.82) is 0 Å². The van der Waals surface area contributed by atoms with Gasteiger partial charge in [-0.3, -0.25) is 4.79 Å². The molecule has 0 aromatic heterocycles. The molecule has 18 heavy (non-hydrogen) atoms. The van der Waals surface area contributed by atoms with Crippen LogP contribution in [-0.2, 0) is 0 Å². The predicted octanol–water partition coefficient (Wildman–Crippen LogP) is 3.91. The molecule has 0 saturated carbocycles. The molecule has 96 valence electrons. The maximum atomic E-state index is 14.0. The molecule has 3 heteroatoms. The van der Waals surface area contributed by atoms with Gasteiger partial charge in [0.2, 0.25) is 0 Å². The molecule has 0 amide bonds. The first-order chi connectivity index (χ1) is 8.74. The monoisotopic (exact) mass is 248 g/mol. The minimum Gasteiger partial charge on any atom is -0.494 e. The van der Waals surface area contributed by atoms with Crippen molar-refractivity contribution in [3.05, 3.63) is 41.2 Å². The van der Waals surface area contributed by atoms with Crippen molar-refractivity contribution in [2.75, 3.05) is 7.11 Å². The molecule has 2 nitrogen and oxygen atoms in total. The van der Waals surface area contributed by atoms with E-state index in [2.05, 4.69) is 0 Å². The number of ketones is 1. The van der Waals surface area contributed by atoms with Crippen LogP contribution in [0.25, 0.3) is 0 Å². The van der Waals surface area contributed by atoms with E-state index in [1.54, 1.807) is 6.07 Å². The van der Waals surface area contributed by atoms with Crippen molar-refractivity contribution in [2.45, 2.75) is 32.1 Å². The molecule has 0 radical (unpaired) electrons. The third-order valence-electron chi connectivity index (χ3n) is 3.26. The highest BCUT2D eigenvalue weighted by atomic mass is 19.1. The van der Waals surface area contributed by atoms with Crippen LogP contribution < -0.4 is 4.74 Å². The van der Waals surface area contributed by atoms with E-state index in [1.807, 2.05) is 6.08 Å². The second-order valence-corrected chi connectivity index (χ2v) is 4.48. The average Bonchev–Trinajstić information content (AvgIpc) is 2.67. The van der Waals surface area contributed by atoms with Crippen LogP contribution in [0, 0.1) is 5.82 Å². The van der Waals surface area contributed by atoms with Gasteiger partial charge >= 0.3 is 0 Å². The minimum atomic E-state index is -0.560. The Labute approximate surface area is 106 Å². The number of allylic oxidation sites excluding steroid dienone is 2. The lowest BCUT2D eigenvalue weighted by Crippen LogP contribution is -2.07. The van der Waals surface area contributed by atoms with Crippen LogP contribution in [0.3, 0.4) is 0 Å². The third-order valence-corrected chi connectivity index (χ3v) is 3.26. The Morgan fingerprint density at radius 3 is 2.89 bits per heavy atom. The maximum Gasteiger partial charge on any atom is 0.191 e. The number of Topliss-reactive ketones (excluding diaryl/α,β-unsaturated/α-hetero) is 1. The number of ether oxygens (including phenoxy) is 1. The van der Waals surface area contributed by atoms with E-state index < -0.39 is 5.82 Å². The fourth-order valence-electron chi connectivity index (χ4n) is 2.24. The molecule has 0 spiro atoms. The lowest BCUT2D eigenvalue weighted by Gasteiger charge is -2.08. The molecule has 1 aliphatic rings. The lowest BCUT2D eigenvalue weighted by molar-refractivity contribution is 0.102. The summed E-state index contributed by atoms with van der Waals surface area (Å²) in [4.78, 5) is 12.3. The van der Waals surface area contributed by atoms with Gasteiger partial charge in [0.05, 0.1) is 12.7 Å². The standard InChI is InChI=1S/C15H17FO2/c1-18-13-10-6-9-12(14(13)16)15(17)11-7-4-2-3-5-8-11/h6-7,9-10H,2-5,8H2,1H3. The summed E-state index contributed by atoms with van der Waals surface area (Å²) in [7, 11) is 1.40. The molecule has 0 bridgehead atoms. The van der Waals surface area contributed by atoms with Crippen LogP contribution in [0.4, 0.5) is 4.39 Å². The summed E-state index contributed by atoms with van der Waals surface area (Å²) in [5.41, 5.74) is 0.849. The molecule has 1 aliphatic carbocycles. The van der Waals surface area contributed by atoms with Gasteiger partial charge in [-0.05, 0) is 43.4 Å². The van der Waals surface area contributed by atoms with E-state index in [-0.39, 0.29) is 17.1 Å². The molecule has 0 heterocycles. The predicted molar refractivity (Wildman–Crippen MR) is 68.5 cm³/mol.